The second-order valence-electron chi connectivity index (χ2n) is 13.3. The Kier molecular flexibility index (Phi) is 8.66. The molecule has 0 aromatic heterocycles. The molecule has 0 aliphatic carbocycles. The molecule has 0 unspecified atom stereocenters. The van der Waals surface area contributed by atoms with E-state index >= 15 is 0 Å². The summed E-state index contributed by atoms with van der Waals surface area (Å²) in [7, 11) is 0. The topological polar surface area (TPSA) is 3.24 Å². The SMILES string of the molecule is c1ccc(-c2ccc(-c3ccc(N(c4cccc(-c5cccc6ccccc56)c4)c4ccccc4-c4ccccc4-c4ccccc4)cc3)cc2)cc1. The molecule has 9 aromatic rings. The molecule has 9 rings (SSSR count). The molecule has 0 saturated carbocycles. The van der Waals surface area contributed by atoms with Crippen LogP contribution in [-0.2, 0) is 0 Å². The maximum absolute atomic E-state index is 2.41. The average Bonchev–Trinajstić information content (AvgIpc) is 3.25. The number of hydrogen-bond donors (Lipinski definition) is 0. The van der Waals surface area contributed by atoms with Crippen molar-refractivity contribution < 1.29 is 0 Å². The van der Waals surface area contributed by atoms with Gasteiger partial charge in [0.2, 0.25) is 0 Å². The van der Waals surface area contributed by atoms with E-state index in [2.05, 4.69) is 229 Å². The van der Waals surface area contributed by atoms with Gasteiger partial charge in [0.05, 0.1) is 5.69 Å². The van der Waals surface area contributed by atoms with Crippen LogP contribution >= 0.6 is 0 Å². The molecule has 0 bridgehead atoms. The van der Waals surface area contributed by atoms with Crippen LogP contribution in [-0.4, -0.2) is 0 Å². The molecule has 0 fully saturated rings. The first-order valence-electron chi connectivity index (χ1n) is 18.2. The zero-order valence-corrected chi connectivity index (χ0v) is 29.3. The number of benzene rings is 9. The molecule has 250 valence electrons. The molecule has 0 radical (unpaired) electrons. The van der Waals surface area contributed by atoms with Crippen LogP contribution in [0.3, 0.4) is 0 Å². The minimum atomic E-state index is 1.09. The summed E-state index contributed by atoms with van der Waals surface area (Å²) >= 11 is 0. The Morgan fingerprint density at radius 2 is 0.717 bits per heavy atom. The Hall–Kier alpha value is -6.96. The molecule has 0 N–H and O–H groups in total. The normalized spacial score (nSPS) is 11.0. The molecule has 0 spiro atoms. The average molecular weight is 676 g/mol. The van der Waals surface area contributed by atoms with Crippen molar-refractivity contribution in [3.63, 3.8) is 0 Å². The highest BCUT2D eigenvalue weighted by atomic mass is 15.1. The summed E-state index contributed by atoms with van der Waals surface area (Å²) < 4.78 is 0. The lowest BCUT2D eigenvalue weighted by atomic mass is 9.92. The first-order chi connectivity index (χ1) is 26.3. The van der Waals surface area contributed by atoms with Gasteiger partial charge in [0, 0.05) is 16.9 Å². The summed E-state index contributed by atoms with van der Waals surface area (Å²) in [5.41, 5.74) is 15.3. The molecule has 1 heteroatoms. The van der Waals surface area contributed by atoms with Crippen LogP contribution in [0, 0.1) is 0 Å². The fourth-order valence-corrected chi connectivity index (χ4v) is 7.49. The van der Waals surface area contributed by atoms with Crippen LogP contribution in [0.15, 0.2) is 224 Å². The number of hydrogen-bond acceptors (Lipinski definition) is 1. The zero-order chi connectivity index (χ0) is 35.4. The standard InChI is InChI=1S/C52H37N/c1-3-15-38(16-4-1)39-29-31-40(32-30-39)41-33-35-45(36-34-41)53(46-22-13-21-44(37-46)49-27-14-20-43-19-7-8-23-47(43)49)52-28-12-11-26-51(52)50-25-10-9-24-48(50)42-17-5-2-6-18-42/h1-37H. The van der Waals surface area contributed by atoms with E-state index in [0.717, 1.165) is 17.1 Å². The van der Waals surface area contributed by atoms with Crippen LogP contribution in [0.2, 0.25) is 0 Å². The van der Waals surface area contributed by atoms with E-state index in [4.69, 9.17) is 0 Å². The Labute approximate surface area is 311 Å². The van der Waals surface area contributed by atoms with Crippen LogP contribution in [0.4, 0.5) is 17.1 Å². The van der Waals surface area contributed by atoms with Crippen molar-refractivity contribution in [3.8, 4) is 55.6 Å². The number of para-hydroxylation sites is 1. The first kappa shape index (κ1) is 32.0. The van der Waals surface area contributed by atoms with Gasteiger partial charge < -0.3 is 4.90 Å². The van der Waals surface area contributed by atoms with E-state index in [1.54, 1.807) is 0 Å². The number of anilines is 3. The highest BCUT2D eigenvalue weighted by Gasteiger charge is 2.20. The Balaban J connectivity index is 1.18. The van der Waals surface area contributed by atoms with Crippen molar-refractivity contribution >= 4 is 27.8 Å². The molecule has 0 saturated heterocycles. The largest absolute Gasteiger partial charge is 0.310 e. The van der Waals surface area contributed by atoms with Gasteiger partial charge in [-0.25, -0.2) is 0 Å². The molecular formula is C52H37N. The van der Waals surface area contributed by atoms with Gasteiger partial charge in [-0.3, -0.25) is 0 Å². The van der Waals surface area contributed by atoms with E-state index in [9.17, 15) is 0 Å². The third-order valence-corrected chi connectivity index (χ3v) is 10.1. The Morgan fingerprint density at radius 1 is 0.245 bits per heavy atom. The van der Waals surface area contributed by atoms with Crippen molar-refractivity contribution in [1.29, 1.82) is 0 Å². The van der Waals surface area contributed by atoms with Crippen LogP contribution in [0.25, 0.3) is 66.4 Å². The van der Waals surface area contributed by atoms with Gasteiger partial charge in [-0.2, -0.15) is 0 Å². The summed E-state index contributed by atoms with van der Waals surface area (Å²) in [6, 6.07) is 80.8. The quantitative estimate of drug-likeness (QED) is 0.155. The highest BCUT2D eigenvalue weighted by molar-refractivity contribution is 5.98. The van der Waals surface area contributed by atoms with Crippen LogP contribution in [0.5, 0.6) is 0 Å². The van der Waals surface area contributed by atoms with E-state index in [-0.39, 0.29) is 0 Å². The van der Waals surface area contributed by atoms with Crippen LogP contribution in [0.1, 0.15) is 0 Å². The molecular weight excluding hydrogens is 639 g/mol. The van der Waals surface area contributed by atoms with Gasteiger partial charge in [-0.1, -0.05) is 194 Å². The number of nitrogens with zero attached hydrogens (tertiary/aromatic N) is 1. The van der Waals surface area contributed by atoms with Gasteiger partial charge in [-0.15, -0.1) is 0 Å². The Morgan fingerprint density at radius 3 is 1.43 bits per heavy atom. The summed E-state index contributed by atoms with van der Waals surface area (Å²) in [6.07, 6.45) is 0. The maximum atomic E-state index is 2.41. The molecule has 0 aliphatic heterocycles. The fraction of sp³-hybridized carbons (Fsp3) is 0. The second kappa shape index (κ2) is 14.3. The molecule has 9 aromatic carbocycles. The smallest absolute Gasteiger partial charge is 0.0540 e. The second-order valence-corrected chi connectivity index (χ2v) is 13.3. The van der Waals surface area contributed by atoms with E-state index < -0.39 is 0 Å². The van der Waals surface area contributed by atoms with E-state index in [1.807, 2.05) is 0 Å². The fourth-order valence-electron chi connectivity index (χ4n) is 7.49. The lowest BCUT2D eigenvalue weighted by molar-refractivity contribution is 1.28. The van der Waals surface area contributed by atoms with Gasteiger partial charge in [0.15, 0.2) is 0 Å². The first-order valence-corrected chi connectivity index (χ1v) is 18.2. The lowest BCUT2D eigenvalue weighted by Crippen LogP contribution is -2.11. The van der Waals surface area contributed by atoms with E-state index in [0.29, 0.717) is 0 Å². The number of fused-ring (bicyclic) bond motifs is 1. The minimum absolute atomic E-state index is 1.09. The molecule has 0 atom stereocenters. The van der Waals surface area contributed by atoms with Crippen LogP contribution < -0.4 is 4.90 Å². The lowest BCUT2D eigenvalue weighted by Gasteiger charge is -2.29. The minimum Gasteiger partial charge on any atom is -0.310 e. The highest BCUT2D eigenvalue weighted by Crippen LogP contribution is 2.45. The zero-order valence-electron chi connectivity index (χ0n) is 29.3. The summed E-state index contributed by atoms with van der Waals surface area (Å²) in [5.74, 6) is 0. The van der Waals surface area contributed by atoms with Gasteiger partial charge in [0.1, 0.15) is 0 Å². The third-order valence-electron chi connectivity index (χ3n) is 10.1. The predicted molar refractivity (Wildman–Crippen MR) is 226 cm³/mol. The van der Waals surface area contributed by atoms with Gasteiger partial charge in [-0.05, 0) is 91.2 Å². The molecule has 53 heavy (non-hydrogen) atoms. The summed E-state index contributed by atoms with van der Waals surface area (Å²) in [4.78, 5) is 2.41. The molecule has 1 nitrogen and oxygen atoms in total. The summed E-state index contributed by atoms with van der Waals surface area (Å²) in [5, 5.41) is 2.49. The number of rotatable bonds is 8. The maximum Gasteiger partial charge on any atom is 0.0540 e. The van der Waals surface area contributed by atoms with Crippen molar-refractivity contribution in [3.05, 3.63) is 224 Å². The third kappa shape index (κ3) is 6.42. The molecule has 0 amide bonds. The van der Waals surface area contributed by atoms with E-state index in [1.165, 1.54) is 66.4 Å². The monoisotopic (exact) mass is 675 g/mol. The van der Waals surface area contributed by atoms with Gasteiger partial charge in [0.25, 0.3) is 0 Å². The van der Waals surface area contributed by atoms with Crippen molar-refractivity contribution in [2.45, 2.75) is 0 Å². The molecule has 0 heterocycles. The van der Waals surface area contributed by atoms with Crippen molar-refractivity contribution in [2.75, 3.05) is 4.90 Å². The van der Waals surface area contributed by atoms with Crippen molar-refractivity contribution in [2.24, 2.45) is 0 Å². The van der Waals surface area contributed by atoms with Gasteiger partial charge >= 0.3 is 0 Å². The predicted octanol–water partition coefficient (Wildman–Crippen LogP) is 14.6. The molecule has 0 aliphatic rings. The summed E-state index contributed by atoms with van der Waals surface area (Å²) in [6.45, 7) is 0. The Bertz CT molecular complexity index is 2640. The van der Waals surface area contributed by atoms with Crippen molar-refractivity contribution in [1.82, 2.24) is 0 Å².